The molecule has 0 radical (unpaired) electrons. The summed E-state index contributed by atoms with van der Waals surface area (Å²) in [7, 11) is -8.45. The van der Waals surface area contributed by atoms with E-state index in [2.05, 4.69) is 19.8 Å². The van der Waals surface area contributed by atoms with Crippen molar-refractivity contribution >= 4 is 48.9 Å². The maximum atomic E-state index is 13.7. The predicted octanol–water partition coefficient (Wildman–Crippen LogP) is 4.72. The lowest BCUT2D eigenvalue weighted by Crippen LogP contribution is -2.48. The van der Waals surface area contributed by atoms with E-state index in [-0.39, 0.29) is 32.8 Å². The molecule has 3 aromatic rings. The number of halogens is 4. The van der Waals surface area contributed by atoms with Crippen LogP contribution in [0.1, 0.15) is 24.5 Å². The van der Waals surface area contributed by atoms with Crippen molar-refractivity contribution in [3.05, 3.63) is 59.0 Å². The zero-order valence-electron chi connectivity index (χ0n) is 23.0. The standard InChI is InChI=1S/C25H26F4N4O7S3/c1-14-22(41-15(2)31-14)42(35,36)30-12-18-13-33(43(37,38)19-8-5-16(26)6-9-19)20-11-17(7-10-21(20)39-18)32-23(34)40-24(3,4)25(27,28)29/h5-11,18,30H,12-13H2,1-4H3,(H,32,34)/t18-/m0/s1. The normalized spacial score (nSPS) is 15.9. The highest BCUT2D eigenvalue weighted by Gasteiger charge is 2.51. The molecule has 43 heavy (non-hydrogen) atoms. The first-order chi connectivity index (χ1) is 19.8. The number of thiazole rings is 1. The SMILES string of the molecule is Cc1nc(C)c(S(=O)(=O)NC[C@H]2CN(S(=O)(=O)c3ccc(F)cc3)c3cc(NC(=O)OC(C)(C)C(F)(F)F)ccc3O2)s1. The van der Waals surface area contributed by atoms with Gasteiger partial charge in [0.05, 0.1) is 27.8 Å². The van der Waals surface area contributed by atoms with Gasteiger partial charge in [-0.25, -0.2) is 35.7 Å². The monoisotopic (exact) mass is 666 g/mol. The molecule has 0 aliphatic carbocycles. The number of hydrogen-bond acceptors (Lipinski definition) is 9. The Morgan fingerprint density at radius 3 is 2.35 bits per heavy atom. The maximum absolute atomic E-state index is 13.7. The van der Waals surface area contributed by atoms with Crippen LogP contribution in [0.5, 0.6) is 5.75 Å². The van der Waals surface area contributed by atoms with E-state index in [4.69, 9.17) is 4.74 Å². The number of carbonyl (C=O) groups is 1. The van der Waals surface area contributed by atoms with Gasteiger partial charge in [0.15, 0.2) is 4.21 Å². The van der Waals surface area contributed by atoms with Gasteiger partial charge >= 0.3 is 12.3 Å². The number of aromatic nitrogens is 1. The molecule has 2 N–H and O–H groups in total. The minimum atomic E-state index is -4.86. The number of hydrogen-bond donors (Lipinski definition) is 2. The van der Waals surface area contributed by atoms with Gasteiger partial charge in [-0.2, -0.15) is 13.2 Å². The van der Waals surface area contributed by atoms with Gasteiger partial charge in [0.25, 0.3) is 20.0 Å². The molecule has 11 nitrogen and oxygen atoms in total. The summed E-state index contributed by atoms with van der Waals surface area (Å²) in [6, 6.07) is 7.58. The number of carbonyl (C=O) groups excluding carboxylic acids is 1. The lowest BCUT2D eigenvalue weighted by molar-refractivity contribution is -0.242. The fourth-order valence-electron chi connectivity index (χ4n) is 3.92. The van der Waals surface area contributed by atoms with Crippen LogP contribution in [0.4, 0.5) is 33.7 Å². The summed E-state index contributed by atoms with van der Waals surface area (Å²) in [4.78, 5) is 16.0. The number of nitrogens with zero attached hydrogens (tertiary/aromatic N) is 2. The van der Waals surface area contributed by atoms with Crippen LogP contribution in [-0.4, -0.2) is 58.9 Å². The third kappa shape index (κ3) is 7.02. The van der Waals surface area contributed by atoms with E-state index >= 15 is 0 Å². The van der Waals surface area contributed by atoms with Crippen LogP contribution in [0.2, 0.25) is 0 Å². The van der Waals surface area contributed by atoms with Gasteiger partial charge in [-0.15, -0.1) is 11.3 Å². The number of alkyl halides is 3. The summed E-state index contributed by atoms with van der Waals surface area (Å²) >= 11 is 0.964. The van der Waals surface area contributed by atoms with Crippen molar-refractivity contribution in [3.63, 3.8) is 0 Å². The Morgan fingerprint density at radius 1 is 1.12 bits per heavy atom. The minimum absolute atomic E-state index is 0.00620. The van der Waals surface area contributed by atoms with Gasteiger partial charge in [-0.1, -0.05) is 0 Å². The van der Waals surface area contributed by atoms with Crippen LogP contribution in [0.15, 0.2) is 51.6 Å². The van der Waals surface area contributed by atoms with E-state index in [1.54, 1.807) is 6.92 Å². The van der Waals surface area contributed by atoms with Crippen LogP contribution in [-0.2, 0) is 24.8 Å². The second kappa shape index (κ2) is 11.5. The molecule has 0 saturated carbocycles. The molecule has 1 atom stereocenters. The van der Waals surface area contributed by atoms with Gasteiger partial charge in [0.1, 0.15) is 17.7 Å². The zero-order valence-corrected chi connectivity index (χ0v) is 25.5. The smallest absolute Gasteiger partial charge is 0.427 e. The second-order valence-electron chi connectivity index (χ2n) is 9.89. The van der Waals surface area contributed by atoms with Crippen molar-refractivity contribution in [2.24, 2.45) is 0 Å². The summed E-state index contributed by atoms with van der Waals surface area (Å²) in [5.74, 6) is -0.727. The van der Waals surface area contributed by atoms with Crippen molar-refractivity contribution < 1.29 is 48.7 Å². The van der Waals surface area contributed by atoms with Crippen LogP contribution < -0.4 is 19.1 Å². The van der Waals surface area contributed by atoms with E-state index < -0.39 is 56.4 Å². The van der Waals surface area contributed by atoms with Crippen molar-refractivity contribution in [2.45, 2.75) is 54.7 Å². The highest BCUT2D eigenvalue weighted by molar-refractivity contribution is 7.93. The van der Waals surface area contributed by atoms with Gasteiger partial charge in [-0.3, -0.25) is 9.62 Å². The van der Waals surface area contributed by atoms with Crippen LogP contribution in [0, 0.1) is 19.7 Å². The third-order valence-electron chi connectivity index (χ3n) is 6.18. The summed E-state index contributed by atoms with van der Waals surface area (Å²) in [6.07, 6.45) is -7.36. The summed E-state index contributed by atoms with van der Waals surface area (Å²) in [6.45, 7) is 3.73. The number of rotatable bonds is 8. The topological polar surface area (TPSA) is 144 Å². The van der Waals surface area contributed by atoms with E-state index in [9.17, 15) is 39.2 Å². The summed E-state index contributed by atoms with van der Waals surface area (Å²) in [5.41, 5.74) is -2.77. The van der Waals surface area contributed by atoms with Crippen LogP contribution in [0.25, 0.3) is 0 Å². The molecular weight excluding hydrogens is 640 g/mol. The molecule has 1 aliphatic rings. The van der Waals surface area contributed by atoms with Crippen molar-refractivity contribution in [3.8, 4) is 5.75 Å². The molecular formula is C25H26F4N4O7S3. The van der Waals surface area contributed by atoms with E-state index in [1.807, 2.05) is 0 Å². The molecule has 4 rings (SSSR count). The zero-order chi connectivity index (χ0) is 32.0. The Morgan fingerprint density at radius 2 is 1.77 bits per heavy atom. The first-order valence-corrected chi connectivity index (χ1v) is 16.1. The number of fused-ring (bicyclic) bond motifs is 1. The fraction of sp³-hybridized carbons (Fsp3) is 0.360. The van der Waals surface area contributed by atoms with Gasteiger partial charge in [-0.05, 0) is 70.2 Å². The van der Waals surface area contributed by atoms with E-state index in [0.29, 0.717) is 24.5 Å². The lowest BCUT2D eigenvalue weighted by atomic mass is 10.1. The Labute approximate surface area is 248 Å². The molecule has 2 aromatic carbocycles. The average Bonchev–Trinajstić information content (AvgIpc) is 3.25. The van der Waals surface area contributed by atoms with Crippen molar-refractivity contribution in [2.75, 3.05) is 22.7 Å². The minimum Gasteiger partial charge on any atom is -0.485 e. The largest absolute Gasteiger partial charge is 0.485 e. The maximum Gasteiger partial charge on any atom is 0.427 e. The summed E-state index contributed by atoms with van der Waals surface area (Å²) in [5, 5.41) is 2.67. The Hall–Kier alpha value is -3.48. The number of anilines is 2. The number of amides is 1. The van der Waals surface area contributed by atoms with Gasteiger partial charge in [0, 0.05) is 12.2 Å². The average molecular weight is 667 g/mol. The van der Waals surface area contributed by atoms with E-state index in [0.717, 1.165) is 46.0 Å². The molecule has 0 saturated heterocycles. The molecule has 234 valence electrons. The van der Waals surface area contributed by atoms with Crippen LogP contribution in [0.3, 0.4) is 0 Å². The van der Waals surface area contributed by atoms with Crippen molar-refractivity contribution in [1.29, 1.82) is 0 Å². The number of sulfonamides is 2. The highest BCUT2D eigenvalue weighted by atomic mass is 32.2. The Balaban J connectivity index is 1.64. The second-order valence-corrected chi connectivity index (χ2v) is 14.9. The molecule has 1 aliphatic heterocycles. The van der Waals surface area contributed by atoms with Gasteiger partial charge < -0.3 is 9.47 Å². The first kappa shape index (κ1) is 32.4. The fourth-order valence-corrected chi connectivity index (χ4v) is 8.01. The van der Waals surface area contributed by atoms with Gasteiger partial charge in [0.2, 0.25) is 5.60 Å². The van der Waals surface area contributed by atoms with E-state index in [1.165, 1.54) is 19.1 Å². The quantitative estimate of drug-likeness (QED) is 0.329. The van der Waals surface area contributed by atoms with Crippen LogP contribution >= 0.6 is 11.3 Å². The third-order valence-corrected chi connectivity index (χ3v) is 11.1. The first-order valence-electron chi connectivity index (χ1n) is 12.4. The molecule has 2 heterocycles. The Bertz CT molecular complexity index is 1740. The van der Waals surface area contributed by atoms with Crippen molar-refractivity contribution in [1.82, 2.24) is 9.71 Å². The molecule has 1 aromatic heterocycles. The molecule has 0 unspecified atom stereocenters. The summed E-state index contributed by atoms with van der Waals surface area (Å²) < 4.78 is 120. The number of ether oxygens (including phenoxy) is 2. The molecule has 0 fully saturated rings. The Kier molecular flexibility index (Phi) is 8.71. The molecule has 18 heteroatoms. The lowest BCUT2D eigenvalue weighted by Gasteiger charge is -2.35. The number of benzene rings is 2. The number of aryl methyl sites for hydroxylation is 2. The number of nitrogens with one attached hydrogen (secondary N) is 2. The highest BCUT2D eigenvalue weighted by Crippen LogP contribution is 2.39. The molecule has 0 spiro atoms. The predicted molar refractivity (Wildman–Crippen MR) is 149 cm³/mol. The molecule has 1 amide bonds. The molecule has 0 bridgehead atoms.